The quantitative estimate of drug-likeness (QED) is 0.604. The molecule has 0 aliphatic rings. The van der Waals surface area contributed by atoms with E-state index in [1.54, 1.807) is 21.0 Å². The Bertz CT molecular complexity index is 132. The van der Waals surface area contributed by atoms with Gasteiger partial charge in [-0.1, -0.05) is 20.8 Å². The predicted octanol–water partition coefficient (Wildman–Crippen LogP) is 1.33. The van der Waals surface area contributed by atoms with Crippen LogP contribution in [0.3, 0.4) is 0 Å². The molecule has 0 aliphatic heterocycles. The zero-order valence-electron chi connectivity index (χ0n) is 8.63. The van der Waals surface area contributed by atoms with E-state index in [0.717, 1.165) is 6.29 Å². The average Bonchev–Trinajstić information content (AvgIpc) is 2.07. The van der Waals surface area contributed by atoms with Crippen molar-refractivity contribution in [1.82, 2.24) is 4.90 Å². The van der Waals surface area contributed by atoms with E-state index in [-0.39, 0.29) is 11.8 Å². The molecule has 0 N–H and O–H groups in total. The number of carbonyl (C=O) groups is 2. The van der Waals surface area contributed by atoms with E-state index >= 15 is 0 Å². The molecule has 0 aromatic carbocycles. The highest BCUT2D eigenvalue weighted by atomic mass is 16.2. The van der Waals surface area contributed by atoms with Crippen molar-refractivity contribution in [2.24, 2.45) is 5.92 Å². The summed E-state index contributed by atoms with van der Waals surface area (Å²) in [5.74, 6) is -0.167. The van der Waals surface area contributed by atoms with Crippen LogP contribution in [0, 0.1) is 5.92 Å². The zero-order chi connectivity index (χ0) is 10.1. The smallest absolute Gasteiger partial charge is 0.225 e. The first-order valence-corrected chi connectivity index (χ1v) is 4.24. The Kier molecular flexibility index (Phi) is 9.41. The van der Waals surface area contributed by atoms with Gasteiger partial charge in [0.25, 0.3) is 0 Å². The monoisotopic (exact) mass is 173 g/mol. The van der Waals surface area contributed by atoms with Gasteiger partial charge >= 0.3 is 0 Å². The van der Waals surface area contributed by atoms with Gasteiger partial charge in [0.1, 0.15) is 6.29 Å². The van der Waals surface area contributed by atoms with Crippen molar-refractivity contribution in [3.05, 3.63) is 0 Å². The lowest BCUT2D eigenvalue weighted by Gasteiger charge is -2.13. The fourth-order valence-corrected chi connectivity index (χ4v) is 0.686. The first-order chi connectivity index (χ1) is 5.59. The average molecular weight is 173 g/mol. The lowest BCUT2D eigenvalue weighted by Crippen LogP contribution is -2.28. The van der Waals surface area contributed by atoms with Crippen LogP contribution in [-0.2, 0) is 9.59 Å². The number of aldehydes is 1. The maximum Gasteiger partial charge on any atom is 0.225 e. The van der Waals surface area contributed by atoms with Crippen molar-refractivity contribution < 1.29 is 9.59 Å². The SMILES string of the molecule is CC.CC(CC=O)C(=O)N(C)C. The number of rotatable bonds is 3. The van der Waals surface area contributed by atoms with Crippen LogP contribution in [0.1, 0.15) is 27.2 Å². The number of hydrogen-bond donors (Lipinski definition) is 0. The standard InChI is InChI=1S/C7H13NO2.C2H6/c1-6(4-5-9)7(10)8(2)3;1-2/h5-6H,4H2,1-3H3;1-2H3. The number of carbonyl (C=O) groups excluding carboxylic acids is 2. The van der Waals surface area contributed by atoms with Crippen molar-refractivity contribution >= 4 is 12.2 Å². The van der Waals surface area contributed by atoms with Gasteiger partial charge in [-0.25, -0.2) is 0 Å². The maximum atomic E-state index is 11.0. The van der Waals surface area contributed by atoms with E-state index in [1.807, 2.05) is 13.8 Å². The molecule has 0 heterocycles. The minimum Gasteiger partial charge on any atom is -0.349 e. The van der Waals surface area contributed by atoms with Crippen molar-refractivity contribution in [3.8, 4) is 0 Å². The van der Waals surface area contributed by atoms with Gasteiger partial charge in [0.15, 0.2) is 0 Å². The molecule has 3 heteroatoms. The van der Waals surface area contributed by atoms with Gasteiger partial charge in [0.05, 0.1) is 0 Å². The number of amides is 1. The molecule has 0 aliphatic carbocycles. The molecule has 0 radical (unpaired) electrons. The Morgan fingerprint density at radius 3 is 2.08 bits per heavy atom. The molecule has 0 saturated heterocycles. The largest absolute Gasteiger partial charge is 0.349 e. The summed E-state index contributed by atoms with van der Waals surface area (Å²) in [4.78, 5) is 22.5. The molecule has 1 amide bonds. The third-order valence-corrected chi connectivity index (χ3v) is 1.31. The molecule has 0 spiro atoms. The Balaban J connectivity index is 0. The van der Waals surface area contributed by atoms with E-state index < -0.39 is 0 Å². The van der Waals surface area contributed by atoms with Crippen LogP contribution in [0.25, 0.3) is 0 Å². The summed E-state index contributed by atoms with van der Waals surface area (Å²) in [5, 5.41) is 0. The van der Waals surface area contributed by atoms with Crippen LogP contribution in [-0.4, -0.2) is 31.2 Å². The van der Waals surface area contributed by atoms with Crippen molar-refractivity contribution in [2.45, 2.75) is 27.2 Å². The number of nitrogens with zero attached hydrogens (tertiary/aromatic N) is 1. The Morgan fingerprint density at radius 2 is 1.83 bits per heavy atom. The van der Waals surface area contributed by atoms with Crippen LogP contribution in [0.15, 0.2) is 0 Å². The Hall–Kier alpha value is -0.860. The molecule has 3 nitrogen and oxygen atoms in total. The fourth-order valence-electron chi connectivity index (χ4n) is 0.686. The van der Waals surface area contributed by atoms with Crippen LogP contribution in [0.4, 0.5) is 0 Å². The molecule has 0 fully saturated rings. The van der Waals surface area contributed by atoms with Gasteiger partial charge in [-0.2, -0.15) is 0 Å². The highest BCUT2D eigenvalue weighted by molar-refractivity contribution is 5.80. The van der Waals surface area contributed by atoms with Crippen molar-refractivity contribution in [1.29, 1.82) is 0 Å². The first-order valence-electron chi connectivity index (χ1n) is 4.24. The number of hydrogen-bond acceptors (Lipinski definition) is 2. The van der Waals surface area contributed by atoms with Crippen LogP contribution >= 0.6 is 0 Å². The van der Waals surface area contributed by atoms with Gasteiger partial charge < -0.3 is 9.69 Å². The minimum absolute atomic E-state index is 0.00657. The highest BCUT2D eigenvalue weighted by Crippen LogP contribution is 2.01. The van der Waals surface area contributed by atoms with E-state index in [1.165, 1.54) is 4.90 Å². The first kappa shape index (κ1) is 13.7. The topological polar surface area (TPSA) is 37.4 Å². The van der Waals surface area contributed by atoms with Gasteiger partial charge in [-0.05, 0) is 0 Å². The van der Waals surface area contributed by atoms with Gasteiger partial charge in [-0.15, -0.1) is 0 Å². The highest BCUT2D eigenvalue weighted by Gasteiger charge is 2.12. The molecule has 12 heavy (non-hydrogen) atoms. The summed E-state index contributed by atoms with van der Waals surface area (Å²) in [7, 11) is 3.37. The Morgan fingerprint density at radius 1 is 1.42 bits per heavy atom. The molecule has 0 aromatic rings. The summed E-state index contributed by atoms with van der Waals surface area (Å²) >= 11 is 0. The second-order valence-electron chi connectivity index (χ2n) is 2.54. The summed E-state index contributed by atoms with van der Waals surface area (Å²) in [6.45, 7) is 5.75. The third-order valence-electron chi connectivity index (χ3n) is 1.31. The van der Waals surface area contributed by atoms with Gasteiger partial charge in [0, 0.05) is 26.4 Å². The van der Waals surface area contributed by atoms with Crippen LogP contribution in [0.5, 0.6) is 0 Å². The van der Waals surface area contributed by atoms with Gasteiger partial charge in [-0.3, -0.25) is 4.79 Å². The van der Waals surface area contributed by atoms with E-state index in [0.29, 0.717) is 6.42 Å². The molecule has 0 aromatic heterocycles. The molecular formula is C9H19NO2. The lowest BCUT2D eigenvalue weighted by atomic mass is 10.1. The van der Waals surface area contributed by atoms with E-state index in [4.69, 9.17) is 0 Å². The molecule has 1 unspecified atom stereocenters. The van der Waals surface area contributed by atoms with E-state index in [2.05, 4.69) is 0 Å². The second-order valence-corrected chi connectivity index (χ2v) is 2.54. The Labute approximate surface area is 74.7 Å². The summed E-state index contributed by atoms with van der Waals surface area (Å²) in [5.41, 5.74) is 0. The normalized spacial score (nSPS) is 10.8. The predicted molar refractivity (Wildman–Crippen MR) is 49.9 cm³/mol. The van der Waals surface area contributed by atoms with Gasteiger partial charge in [0.2, 0.25) is 5.91 Å². The lowest BCUT2D eigenvalue weighted by molar-refractivity contribution is -0.133. The van der Waals surface area contributed by atoms with Crippen LogP contribution in [0.2, 0.25) is 0 Å². The summed E-state index contributed by atoms with van der Waals surface area (Å²) in [6.07, 6.45) is 1.09. The molecule has 0 bridgehead atoms. The molecule has 0 rings (SSSR count). The second kappa shape index (κ2) is 8.24. The minimum atomic E-state index is -0.174. The maximum absolute atomic E-state index is 11.0. The van der Waals surface area contributed by atoms with E-state index in [9.17, 15) is 9.59 Å². The zero-order valence-corrected chi connectivity index (χ0v) is 8.63. The van der Waals surface area contributed by atoms with Crippen molar-refractivity contribution in [2.75, 3.05) is 14.1 Å². The summed E-state index contributed by atoms with van der Waals surface area (Å²) in [6, 6.07) is 0. The molecular weight excluding hydrogens is 154 g/mol. The van der Waals surface area contributed by atoms with Crippen molar-refractivity contribution in [3.63, 3.8) is 0 Å². The molecule has 0 saturated carbocycles. The van der Waals surface area contributed by atoms with Crippen LogP contribution < -0.4 is 0 Å². The molecule has 1 atom stereocenters. The third kappa shape index (κ3) is 5.89. The summed E-state index contributed by atoms with van der Waals surface area (Å²) < 4.78 is 0. The molecule has 72 valence electrons. The fraction of sp³-hybridized carbons (Fsp3) is 0.778.